The minimum absolute atomic E-state index is 0. The molecule has 90 valence electrons. The smallest absolute Gasteiger partial charge is 0.308 e. The highest BCUT2D eigenvalue weighted by atomic mass is 35.5. The molecule has 2 nitrogen and oxygen atoms in total. The molecule has 1 saturated carbocycles. The van der Waals surface area contributed by atoms with Crippen molar-refractivity contribution in [3.8, 4) is 0 Å². The third-order valence-electron chi connectivity index (χ3n) is 2.30. The van der Waals surface area contributed by atoms with Crippen LogP contribution in [0, 0.1) is 0 Å². The zero-order chi connectivity index (χ0) is 10.9. The quantitative estimate of drug-likeness (QED) is 0.895. The van der Waals surface area contributed by atoms with Crippen molar-refractivity contribution in [3.63, 3.8) is 0 Å². The molecule has 1 heterocycles. The molecule has 0 radical (unpaired) electrons. The zero-order valence-corrected chi connectivity index (χ0v) is 9.24. The van der Waals surface area contributed by atoms with Crippen molar-refractivity contribution in [1.82, 2.24) is 10.3 Å². The first-order chi connectivity index (χ1) is 7.05. The molecular weight excluding hydrogens is 241 g/mol. The molecule has 0 aromatic carbocycles. The number of pyridine rings is 1. The van der Waals surface area contributed by atoms with Gasteiger partial charge in [0.25, 0.3) is 0 Å². The molecule has 1 aromatic heterocycles. The van der Waals surface area contributed by atoms with E-state index in [0.29, 0.717) is 18.3 Å². The van der Waals surface area contributed by atoms with E-state index in [1.54, 1.807) is 0 Å². The lowest BCUT2D eigenvalue weighted by Crippen LogP contribution is -2.16. The number of nitrogens with one attached hydrogen (secondary N) is 1. The number of hydrogen-bond acceptors (Lipinski definition) is 2. The van der Waals surface area contributed by atoms with Crippen molar-refractivity contribution in [2.45, 2.75) is 31.6 Å². The highest BCUT2D eigenvalue weighted by Gasteiger charge is 2.30. The van der Waals surface area contributed by atoms with Crippen LogP contribution in [0.4, 0.5) is 13.2 Å². The van der Waals surface area contributed by atoms with E-state index in [4.69, 9.17) is 0 Å². The summed E-state index contributed by atoms with van der Waals surface area (Å²) < 4.78 is 36.6. The molecule has 1 aromatic rings. The van der Waals surface area contributed by atoms with Crippen LogP contribution in [0.2, 0.25) is 0 Å². The molecule has 1 fully saturated rings. The monoisotopic (exact) mass is 252 g/mol. The molecule has 1 N–H and O–H groups in total. The van der Waals surface area contributed by atoms with Crippen molar-refractivity contribution >= 4 is 12.4 Å². The molecule has 0 bridgehead atoms. The molecule has 0 saturated heterocycles. The van der Waals surface area contributed by atoms with Crippen LogP contribution >= 0.6 is 12.4 Å². The van der Waals surface area contributed by atoms with Gasteiger partial charge in [0, 0.05) is 18.8 Å². The lowest BCUT2D eigenvalue weighted by Gasteiger charge is -2.07. The van der Waals surface area contributed by atoms with Crippen molar-refractivity contribution in [1.29, 1.82) is 0 Å². The lowest BCUT2D eigenvalue weighted by molar-refractivity contribution is -0.137. The topological polar surface area (TPSA) is 24.9 Å². The number of rotatable bonds is 3. The van der Waals surface area contributed by atoms with Crippen molar-refractivity contribution in [2.24, 2.45) is 0 Å². The molecule has 0 spiro atoms. The molecule has 16 heavy (non-hydrogen) atoms. The van der Waals surface area contributed by atoms with Crippen LogP contribution in [-0.2, 0) is 12.7 Å². The van der Waals surface area contributed by atoms with E-state index < -0.39 is 11.7 Å². The van der Waals surface area contributed by atoms with Gasteiger partial charge in [-0.15, -0.1) is 12.4 Å². The van der Waals surface area contributed by atoms with Crippen LogP contribution in [0.1, 0.15) is 24.1 Å². The maximum atomic E-state index is 12.2. The SMILES string of the molecule is Cl.FC(F)(F)c1ccc(CNC2CC2)nc1. The summed E-state index contributed by atoms with van der Waals surface area (Å²) in [6.07, 6.45) is -1.11. The Kier molecular flexibility index (Phi) is 4.15. The average Bonchev–Trinajstić information content (AvgIpc) is 2.97. The van der Waals surface area contributed by atoms with E-state index in [-0.39, 0.29) is 12.4 Å². The predicted octanol–water partition coefficient (Wildman–Crippen LogP) is 2.77. The zero-order valence-electron chi connectivity index (χ0n) is 8.42. The van der Waals surface area contributed by atoms with Gasteiger partial charge < -0.3 is 5.32 Å². The van der Waals surface area contributed by atoms with E-state index >= 15 is 0 Å². The van der Waals surface area contributed by atoms with Gasteiger partial charge in [-0.25, -0.2) is 0 Å². The Morgan fingerprint density at radius 1 is 1.31 bits per heavy atom. The van der Waals surface area contributed by atoms with E-state index in [2.05, 4.69) is 10.3 Å². The van der Waals surface area contributed by atoms with E-state index in [9.17, 15) is 13.2 Å². The van der Waals surface area contributed by atoms with Crippen LogP contribution in [-0.4, -0.2) is 11.0 Å². The summed E-state index contributed by atoms with van der Waals surface area (Å²) in [4.78, 5) is 3.76. The van der Waals surface area contributed by atoms with Crippen LogP contribution in [0.25, 0.3) is 0 Å². The largest absolute Gasteiger partial charge is 0.417 e. The highest BCUT2D eigenvalue weighted by Crippen LogP contribution is 2.28. The van der Waals surface area contributed by atoms with Gasteiger partial charge in [0.05, 0.1) is 11.3 Å². The Labute approximate surface area is 97.7 Å². The van der Waals surface area contributed by atoms with Gasteiger partial charge in [-0.2, -0.15) is 13.2 Å². The first kappa shape index (κ1) is 13.3. The Balaban J connectivity index is 0.00000128. The molecular formula is C10H12ClF3N2. The van der Waals surface area contributed by atoms with Gasteiger partial charge in [0.1, 0.15) is 0 Å². The fourth-order valence-corrected chi connectivity index (χ4v) is 1.23. The Morgan fingerprint density at radius 3 is 2.44 bits per heavy atom. The second kappa shape index (κ2) is 5.01. The van der Waals surface area contributed by atoms with Gasteiger partial charge in [-0.05, 0) is 25.0 Å². The number of halogens is 4. The summed E-state index contributed by atoms with van der Waals surface area (Å²) in [5, 5.41) is 3.19. The molecule has 0 aliphatic heterocycles. The number of hydrogen-bond donors (Lipinski definition) is 1. The predicted molar refractivity (Wildman–Crippen MR) is 56.3 cm³/mol. The standard InChI is InChI=1S/C10H11F3N2.ClH/c11-10(12,13)7-1-2-9(14-5-7)6-15-8-3-4-8;/h1-2,5,8,15H,3-4,6H2;1H. The molecule has 0 atom stereocenters. The van der Waals surface area contributed by atoms with Gasteiger partial charge >= 0.3 is 6.18 Å². The fraction of sp³-hybridized carbons (Fsp3) is 0.500. The fourth-order valence-electron chi connectivity index (χ4n) is 1.23. The first-order valence-corrected chi connectivity index (χ1v) is 4.81. The minimum atomic E-state index is -4.30. The van der Waals surface area contributed by atoms with Crippen molar-refractivity contribution in [2.75, 3.05) is 0 Å². The molecule has 0 amide bonds. The van der Waals surface area contributed by atoms with Gasteiger partial charge in [0.2, 0.25) is 0 Å². The van der Waals surface area contributed by atoms with Crippen LogP contribution < -0.4 is 5.32 Å². The van der Waals surface area contributed by atoms with Crippen LogP contribution in [0.3, 0.4) is 0 Å². The molecule has 1 aliphatic carbocycles. The van der Waals surface area contributed by atoms with Crippen LogP contribution in [0.5, 0.6) is 0 Å². The summed E-state index contributed by atoms with van der Waals surface area (Å²) in [6, 6.07) is 3.02. The maximum absolute atomic E-state index is 12.2. The van der Waals surface area contributed by atoms with Gasteiger partial charge in [-0.1, -0.05) is 0 Å². The second-order valence-corrected chi connectivity index (χ2v) is 3.69. The third kappa shape index (κ3) is 3.64. The average molecular weight is 253 g/mol. The van der Waals surface area contributed by atoms with E-state index in [0.717, 1.165) is 25.1 Å². The van der Waals surface area contributed by atoms with Crippen molar-refractivity contribution in [3.05, 3.63) is 29.6 Å². The van der Waals surface area contributed by atoms with Gasteiger partial charge in [-0.3, -0.25) is 4.98 Å². The summed E-state index contributed by atoms with van der Waals surface area (Å²) in [7, 11) is 0. The normalized spacial score (nSPS) is 15.7. The Bertz CT molecular complexity index is 333. The molecule has 6 heteroatoms. The molecule has 1 aliphatic rings. The summed E-state index contributed by atoms with van der Waals surface area (Å²) in [5.41, 5.74) is -0.0485. The second-order valence-electron chi connectivity index (χ2n) is 3.69. The Morgan fingerprint density at radius 2 is 2.00 bits per heavy atom. The van der Waals surface area contributed by atoms with Crippen molar-refractivity contribution < 1.29 is 13.2 Å². The lowest BCUT2D eigenvalue weighted by atomic mass is 10.2. The number of alkyl halides is 3. The Hall–Kier alpha value is -0.810. The highest BCUT2D eigenvalue weighted by molar-refractivity contribution is 5.85. The maximum Gasteiger partial charge on any atom is 0.417 e. The minimum Gasteiger partial charge on any atom is -0.308 e. The molecule has 2 rings (SSSR count). The number of aromatic nitrogens is 1. The van der Waals surface area contributed by atoms with E-state index in [1.807, 2.05) is 0 Å². The van der Waals surface area contributed by atoms with E-state index in [1.165, 1.54) is 6.07 Å². The number of nitrogens with zero attached hydrogens (tertiary/aromatic N) is 1. The first-order valence-electron chi connectivity index (χ1n) is 4.81. The molecule has 0 unspecified atom stereocenters. The summed E-state index contributed by atoms with van der Waals surface area (Å²) >= 11 is 0. The third-order valence-corrected chi connectivity index (χ3v) is 2.30. The van der Waals surface area contributed by atoms with Gasteiger partial charge in [0.15, 0.2) is 0 Å². The van der Waals surface area contributed by atoms with Crippen LogP contribution in [0.15, 0.2) is 18.3 Å². The summed E-state index contributed by atoms with van der Waals surface area (Å²) in [5.74, 6) is 0. The summed E-state index contributed by atoms with van der Waals surface area (Å²) in [6.45, 7) is 0.544.